The molecule has 36 heavy (non-hydrogen) atoms. The van der Waals surface area contributed by atoms with E-state index in [2.05, 4.69) is 31.4 Å². The van der Waals surface area contributed by atoms with E-state index in [1.165, 1.54) is 6.42 Å². The third-order valence-corrected chi connectivity index (χ3v) is 8.94. The third kappa shape index (κ3) is 4.34. The lowest BCUT2D eigenvalue weighted by atomic mass is 9.46. The molecule has 0 saturated heterocycles. The van der Waals surface area contributed by atoms with Crippen LogP contribution in [-0.2, 0) is 16.9 Å². The number of carbonyl (C=O) groups is 1. The normalized spacial score (nSPS) is 28.4. The molecule has 0 radical (unpaired) electrons. The van der Waals surface area contributed by atoms with Crippen molar-refractivity contribution in [1.29, 1.82) is 0 Å². The Morgan fingerprint density at radius 3 is 2.72 bits per heavy atom. The summed E-state index contributed by atoms with van der Waals surface area (Å²) in [6.07, 6.45) is 11.7. The van der Waals surface area contributed by atoms with E-state index < -0.39 is 4.92 Å². The second-order valence-corrected chi connectivity index (χ2v) is 12.3. The fraction of sp³-hybridized carbons (Fsp3) is 0.480. The number of nitrogens with zero attached hydrogens (tertiary/aromatic N) is 5. The first-order chi connectivity index (χ1) is 17.2. The van der Waals surface area contributed by atoms with Crippen molar-refractivity contribution in [2.75, 3.05) is 5.32 Å². The smallest absolute Gasteiger partial charge is 0.358 e. The highest BCUT2D eigenvalue weighted by molar-refractivity contribution is 9.10. The molecule has 1 aromatic carbocycles. The van der Waals surface area contributed by atoms with Crippen LogP contribution in [0.2, 0.25) is 5.02 Å². The number of aromatic nitrogens is 4. The Kier molecular flexibility index (Phi) is 5.71. The molecule has 9 nitrogen and oxygen atoms in total. The molecule has 188 valence electrons. The lowest BCUT2D eigenvalue weighted by molar-refractivity contribution is -0.390. The van der Waals surface area contributed by atoms with E-state index in [0.29, 0.717) is 40.0 Å². The van der Waals surface area contributed by atoms with Gasteiger partial charge in [-0.25, -0.2) is 0 Å². The molecule has 0 spiro atoms. The summed E-state index contributed by atoms with van der Waals surface area (Å²) in [5.41, 5.74) is 1.34. The molecule has 2 aromatic heterocycles. The van der Waals surface area contributed by atoms with Gasteiger partial charge in [0.1, 0.15) is 4.47 Å². The van der Waals surface area contributed by atoms with Gasteiger partial charge in [-0.1, -0.05) is 23.7 Å². The third-order valence-electron chi connectivity index (χ3n) is 8.15. The molecule has 0 aliphatic heterocycles. The van der Waals surface area contributed by atoms with Crippen molar-refractivity contribution in [3.05, 3.63) is 68.0 Å². The summed E-state index contributed by atoms with van der Waals surface area (Å²) in [7, 11) is 0. The van der Waals surface area contributed by atoms with Crippen LogP contribution in [-0.4, -0.2) is 30.4 Å². The molecule has 2 atom stereocenters. The van der Waals surface area contributed by atoms with Crippen molar-refractivity contribution in [3.8, 4) is 0 Å². The highest BCUT2D eigenvalue weighted by Crippen LogP contribution is 2.65. The Hall–Kier alpha value is -2.72. The largest absolute Gasteiger partial charge is 0.404 e. The van der Waals surface area contributed by atoms with E-state index in [9.17, 15) is 14.9 Å². The summed E-state index contributed by atoms with van der Waals surface area (Å²) < 4.78 is 4.02. The van der Waals surface area contributed by atoms with Gasteiger partial charge in [0.15, 0.2) is 0 Å². The van der Waals surface area contributed by atoms with Crippen LogP contribution in [0.1, 0.15) is 50.5 Å². The van der Waals surface area contributed by atoms with E-state index in [1.54, 1.807) is 17.1 Å². The second-order valence-electron chi connectivity index (χ2n) is 11.0. The van der Waals surface area contributed by atoms with Crippen molar-refractivity contribution in [2.45, 2.75) is 57.0 Å². The number of halogens is 2. The topological polar surface area (TPSA) is 108 Å². The lowest BCUT2D eigenvalue weighted by Gasteiger charge is -2.61. The molecule has 2 unspecified atom stereocenters. The van der Waals surface area contributed by atoms with Crippen LogP contribution in [0.4, 0.5) is 11.5 Å². The number of hydrogen-bond donors (Lipinski definition) is 1. The Bertz CT molecular complexity index is 1340. The maximum Gasteiger partial charge on any atom is 0.404 e. The number of amides is 1. The highest BCUT2D eigenvalue weighted by Gasteiger charge is 2.60. The molecule has 1 N–H and O–H groups in total. The molecule has 11 heteroatoms. The number of anilines is 1. The van der Waals surface area contributed by atoms with Gasteiger partial charge in [0.2, 0.25) is 5.91 Å². The molecule has 4 aliphatic rings. The van der Waals surface area contributed by atoms with Crippen molar-refractivity contribution in [3.63, 3.8) is 0 Å². The monoisotopic (exact) mass is 572 g/mol. The average molecular weight is 574 g/mol. The Morgan fingerprint density at radius 2 is 2.03 bits per heavy atom. The predicted molar refractivity (Wildman–Crippen MR) is 138 cm³/mol. The van der Waals surface area contributed by atoms with E-state index in [0.717, 1.165) is 37.7 Å². The van der Waals surface area contributed by atoms with E-state index in [1.807, 2.05) is 35.1 Å². The Balaban J connectivity index is 1.17. The summed E-state index contributed by atoms with van der Waals surface area (Å²) in [4.78, 5) is 24.2. The fourth-order valence-electron chi connectivity index (χ4n) is 7.47. The van der Waals surface area contributed by atoms with E-state index in [4.69, 9.17) is 11.6 Å². The van der Waals surface area contributed by atoms with Crippen LogP contribution in [0.5, 0.6) is 0 Å². The molecule has 2 heterocycles. The molecular formula is C25H26BrClN6O3. The van der Waals surface area contributed by atoms with Crippen molar-refractivity contribution in [1.82, 2.24) is 19.6 Å². The number of carbonyl (C=O) groups excluding carboxylic acids is 1. The van der Waals surface area contributed by atoms with Crippen LogP contribution in [0.25, 0.3) is 0 Å². The summed E-state index contributed by atoms with van der Waals surface area (Å²) in [5.74, 6) is 0.873. The predicted octanol–water partition coefficient (Wildman–Crippen LogP) is 5.78. The second kappa shape index (κ2) is 8.69. The SMILES string of the molecule is O=C(CC12CC3CC(C1)CC(n1cc(Br)c([N+](=O)[O-])n1)(C3)C2)Nc1cnn(Cc2cccc(Cl)c2)c1. The van der Waals surface area contributed by atoms with Gasteiger partial charge < -0.3 is 15.4 Å². The number of benzene rings is 1. The van der Waals surface area contributed by atoms with Crippen LogP contribution in [0, 0.1) is 27.4 Å². The quantitative estimate of drug-likeness (QED) is 0.285. The van der Waals surface area contributed by atoms with E-state index >= 15 is 0 Å². The minimum Gasteiger partial charge on any atom is -0.358 e. The van der Waals surface area contributed by atoms with Gasteiger partial charge in [-0.15, -0.1) is 0 Å². The summed E-state index contributed by atoms with van der Waals surface area (Å²) in [6, 6.07) is 7.63. The van der Waals surface area contributed by atoms with Crippen LogP contribution < -0.4 is 5.32 Å². The molecule has 4 saturated carbocycles. The number of nitrogens with one attached hydrogen (secondary N) is 1. The molecule has 4 fully saturated rings. The minimum absolute atomic E-state index is 0.0120. The highest BCUT2D eigenvalue weighted by atomic mass is 79.9. The van der Waals surface area contributed by atoms with Crippen LogP contribution >= 0.6 is 27.5 Å². The molecule has 1 amide bonds. The van der Waals surface area contributed by atoms with Crippen LogP contribution in [0.15, 0.2) is 47.3 Å². The van der Waals surface area contributed by atoms with Crippen molar-refractivity contribution >= 4 is 44.9 Å². The lowest BCUT2D eigenvalue weighted by Crippen LogP contribution is -2.57. The zero-order chi connectivity index (χ0) is 25.1. The van der Waals surface area contributed by atoms with E-state index in [-0.39, 0.29) is 22.7 Å². The van der Waals surface area contributed by atoms with Gasteiger partial charge in [-0.2, -0.15) is 9.78 Å². The first-order valence-corrected chi connectivity index (χ1v) is 13.3. The van der Waals surface area contributed by atoms with Gasteiger partial charge >= 0.3 is 5.82 Å². The van der Waals surface area contributed by atoms with Gasteiger partial charge in [-0.3, -0.25) is 9.48 Å². The maximum absolute atomic E-state index is 13.2. The summed E-state index contributed by atoms with van der Waals surface area (Å²) in [5, 5.41) is 23.9. The van der Waals surface area contributed by atoms with Gasteiger partial charge in [0, 0.05) is 17.6 Å². The standard InChI is InChI=1S/C25H26BrClN6O3/c26-21-14-32(30-23(21)33(35)36)25-8-17-4-18(9-25)7-24(6-17,15-25)10-22(34)29-20-11-28-31(13-20)12-16-2-1-3-19(27)5-16/h1-3,5,11,13-14,17-18H,4,6-10,12,15H2,(H,29,34). The average Bonchev–Trinajstić information content (AvgIpc) is 3.39. The molecule has 4 aliphatic carbocycles. The molecule has 7 rings (SSSR count). The number of nitro groups is 1. The first kappa shape index (κ1) is 23.7. The zero-order valence-electron chi connectivity index (χ0n) is 19.6. The van der Waals surface area contributed by atoms with Crippen molar-refractivity contribution < 1.29 is 9.72 Å². The molecule has 4 bridgehead atoms. The number of hydrogen-bond acceptors (Lipinski definition) is 5. The fourth-order valence-corrected chi connectivity index (χ4v) is 8.10. The maximum atomic E-state index is 13.2. The minimum atomic E-state index is -0.448. The van der Waals surface area contributed by atoms with Gasteiger partial charge in [-0.05, 0) is 94.3 Å². The zero-order valence-corrected chi connectivity index (χ0v) is 21.9. The van der Waals surface area contributed by atoms with Gasteiger partial charge in [0.05, 0.1) is 35.3 Å². The summed E-state index contributed by atoms with van der Waals surface area (Å²) in [6.45, 7) is 0.567. The number of rotatable bonds is 7. The Morgan fingerprint density at radius 1 is 1.25 bits per heavy atom. The molecule has 3 aromatic rings. The van der Waals surface area contributed by atoms with Crippen molar-refractivity contribution in [2.24, 2.45) is 17.3 Å². The van der Waals surface area contributed by atoms with Crippen LogP contribution in [0.3, 0.4) is 0 Å². The first-order valence-electron chi connectivity index (χ1n) is 12.2. The Labute approximate surface area is 221 Å². The molecular weight excluding hydrogens is 548 g/mol. The summed E-state index contributed by atoms with van der Waals surface area (Å²) >= 11 is 9.39. The van der Waals surface area contributed by atoms with Gasteiger partial charge in [0.25, 0.3) is 0 Å².